The average molecular weight is 275 g/mol. The van der Waals surface area contributed by atoms with Crippen LogP contribution in [0.1, 0.15) is 13.3 Å². The summed E-state index contributed by atoms with van der Waals surface area (Å²) in [7, 11) is 0. The molecule has 0 radical (unpaired) electrons. The van der Waals surface area contributed by atoms with Crippen molar-refractivity contribution in [1.29, 1.82) is 0 Å². The molecule has 2 rings (SSSR count). The summed E-state index contributed by atoms with van der Waals surface area (Å²) in [6, 6.07) is 9.64. The zero-order valence-corrected chi connectivity index (χ0v) is 11.7. The fraction of sp³-hybridized carbons (Fsp3) is 0.286. The van der Waals surface area contributed by atoms with Crippen LogP contribution < -0.4 is 5.32 Å². The second-order valence-corrected chi connectivity index (χ2v) is 5.44. The lowest BCUT2D eigenvalue weighted by atomic mass is 10.1. The van der Waals surface area contributed by atoms with Crippen LogP contribution in [0.5, 0.6) is 0 Å². The van der Waals surface area contributed by atoms with Crippen LogP contribution in [0.3, 0.4) is 0 Å². The van der Waals surface area contributed by atoms with Gasteiger partial charge in [0, 0.05) is 29.6 Å². The Morgan fingerprint density at radius 3 is 3.05 bits per heavy atom. The molecule has 0 unspecified atom stereocenters. The topological polar surface area (TPSA) is 57.8 Å². The molecule has 100 valence electrons. The summed E-state index contributed by atoms with van der Waals surface area (Å²) in [5.74, 6) is 1.97. The SMILES string of the molecule is CCSCCC(=O)Nc1cccc(-c2ccn[nH]2)c1. The molecule has 0 aliphatic rings. The van der Waals surface area contributed by atoms with Crippen molar-refractivity contribution in [3.05, 3.63) is 36.5 Å². The molecule has 0 saturated heterocycles. The number of aromatic nitrogens is 2. The van der Waals surface area contributed by atoms with Gasteiger partial charge in [0.05, 0.1) is 5.69 Å². The first-order valence-corrected chi connectivity index (χ1v) is 7.42. The quantitative estimate of drug-likeness (QED) is 0.796. The third-order valence-electron chi connectivity index (χ3n) is 2.64. The highest BCUT2D eigenvalue weighted by molar-refractivity contribution is 7.99. The molecular weight excluding hydrogens is 258 g/mol. The van der Waals surface area contributed by atoms with Crippen LogP contribution in [-0.4, -0.2) is 27.6 Å². The van der Waals surface area contributed by atoms with Crippen molar-refractivity contribution in [1.82, 2.24) is 10.2 Å². The molecule has 5 heteroatoms. The number of carbonyl (C=O) groups excluding carboxylic acids is 1. The maximum atomic E-state index is 11.7. The van der Waals surface area contributed by atoms with E-state index in [4.69, 9.17) is 0 Å². The largest absolute Gasteiger partial charge is 0.326 e. The van der Waals surface area contributed by atoms with E-state index in [1.807, 2.05) is 30.3 Å². The van der Waals surface area contributed by atoms with Crippen LogP contribution in [0.25, 0.3) is 11.3 Å². The molecule has 2 aromatic rings. The third kappa shape index (κ3) is 4.13. The predicted molar refractivity (Wildman–Crippen MR) is 80.3 cm³/mol. The number of benzene rings is 1. The monoisotopic (exact) mass is 275 g/mol. The molecule has 0 atom stereocenters. The lowest BCUT2D eigenvalue weighted by Gasteiger charge is -2.06. The molecule has 4 nitrogen and oxygen atoms in total. The number of hydrogen-bond acceptors (Lipinski definition) is 3. The van der Waals surface area contributed by atoms with E-state index >= 15 is 0 Å². The first kappa shape index (κ1) is 13.7. The van der Waals surface area contributed by atoms with Gasteiger partial charge in [-0.1, -0.05) is 19.1 Å². The van der Waals surface area contributed by atoms with E-state index < -0.39 is 0 Å². The number of rotatable bonds is 6. The maximum absolute atomic E-state index is 11.7. The average Bonchev–Trinajstić information content (AvgIpc) is 2.93. The summed E-state index contributed by atoms with van der Waals surface area (Å²) in [5, 5.41) is 9.75. The van der Waals surface area contributed by atoms with Crippen LogP contribution in [0.2, 0.25) is 0 Å². The van der Waals surface area contributed by atoms with Crippen LogP contribution >= 0.6 is 11.8 Å². The number of anilines is 1. The summed E-state index contributed by atoms with van der Waals surface area (Å²) < 4.78 is 0. The number of carbonyl (C=O) groups is 1. The molecular formula is C14H17N3OS. The van der Waals surface area contributed by atoms with E-state index in [-0.39, 0.29) is 5.91 Å². The molecule has 1 aromatic heterocycles. The number of nitrogens with one attached hydrogen (secondary N) is 2. The summed E-state index contributed by atoms with van der Waals surface area (Å²) in [5.41, 5.74) is 2.77. The zero-order valence-electron chi connectivity index (χ0n) is 10.8. The number of aromatic amines is 1. The van der Waals surface area contributed by atoms with Gasteiger partial charge < -0.3 is 5.32 Å². The van der Waals surface area contributed by atoms with Crippen LogP contribution in [0.4, 0.5) is 5.69 Å². The van der Waals surface area contributed by atoms with Crippen LogP contribution in [0.15, 0.2) is 36.5 Å². The molecule has 0 spiro atoms. The smallest absolute Gasteiger partial charge is 0.225 e. The maximum Gasteiger partial charge on any atom is 0.225 e. The zero-order chi connectivity index (χ0) is 13.5. The minimum atomic E-state index is 0.0581. The Morgan fingerprint density at radius 1 is 1.42 bits per heavy atom. The van der Waals surface area contributed by atoms with Gasteiger partial charge >= 0.3 is 0 Å². The summed E-state index contributed by atoms with van der Waals surface area (Å²) in [6.07, 6.45) is 2.26. The number of amides is 1. The van der Waals surface area contributed by atoms with Gasteiger partial charge in [-0.05, 0) is 24.0 Å². The van der Waals surface area contributed by atoms with E-state index in [9.17, 15) is 4.79 Å². The van der Waals surface area contributed by atoms with Gasteiger partial charge in [-0.2, -0.15) is 16.9 Å². The van der Waals surface area contributed by atoms with Gasteiger partial charge in [-0.3, -0.25) is 9.89 Å². The standard InChI is InChI=1S/C14H17N3OS/c1-2-19-9-7-14(18)16-12-5-3-4-11(10-12)13-6-8-15-17-13/h3-6,8,10H,2,7,9H2,1H3,(H,15,17)(H,16,18). The molecule has 0 saturated carbocycles. The molecule has 0 aliphatic carbocycles. The number of nitrogens with zero attached hydrogens (tertiary/aromatic N) is 1. The van der Waals surface area contributed by atoms with E-state index in [1.165, 1.54) is 0 Å². The third-order valence-corrected chi connectivity index (χ3v) is 3.54. The van der Waals surface area contributed by atoms with Gasteiger partial charge in [-0.25, -0.2) is 0 Å². The minimum absolute atomic E-state index is 0.0581. The highest BCUT2D eigenvalue weighted by atomic mass is 32.2. The van der Waals surface area contributed by atoms with Gasteiger partial charge in [0.1, 0.15) is 0 Å². The lowest BCUT2D eigenvalue weighted by molar-refractivity contribution is -0.115. The summed E-state index contributed by atoms with van der Waals surface area (Å²) in [4.78, 5) is 11.7. The molecule has 0 fully saturated rings. The van der Waals surface area contributed by atoms with Crippen molar-refractivity contribution in [3.63, 3.8) is 0 Å². The second-order valence-electron chi connectivity index (χ2n) is 4.05. The van der Waals surface area contributed by atoms with Crippen LogP contribution in [-0.2, 0) is 4.79 Å². The van der Waals surface area contributed by atoms with Crippen molar-refractivity contribution in [2.75, 3.05) is 16.8 Å². The van der Waals surface area contributed by atoms with E-state index in [0.717, 1.165) is 28.5 Å². The van der Waals surface area contributed by atoms with Crippen molar-refractivity contribution < 1.29 is 4.79 Å². The number of thioether (sulfide) groups is 1. The van der Waals surface area contributed by atoms with Crippen molar-refractivity contribution >= 4 is 23.4 Å². The summed E-state index contributed by atoms with van der Waals surface area (Å²) >= 11 is 1.77. The lowest BCUT2D eigenvalue weighted by Crippen LogP contribution is -2.12. The molecule has 1 aromatic carbocycles. The van der Waals surface area contributed by atoms with Crippen LogP contribution in [0, 0.1) is 0 Å². The molecule has 0 aliphatic heterocycles. The first-order chi connectivity index (χ1) is 9.29. The van der Waals surface area contributed by atoms with Crippen molar-refractivity contribution in [3.8, 4) is 11.3 Å². The van der Waals surface area contributed by atoms with Gasteiger partial charge in [0.25, 0.3) is 0 Å². The Bertz CT molecular complexity index is 525. The van der Waals surface area contributed by atoms with Gasteiger partial charge in [-0.15, -0.1) is 0 Å². The Labute approximate surface area is 117 Å². The normalized spacial score (nSPS) is 10.4. The highest BCUT2D eigenvalue weighted by Gasteiger charge is 2.04. The highest BCUT2D eigenvalue weighted by Crippen LogP contribution is 2.20. The Hall–Kier alpha value is -1.75. The number of H-pyrrole nitrogens is 1. The fourth-order valence-electron chi connectivity index (χ4n) is 1.71. The molecule has 19 heavy (non-hydrogen) atoms. The molecule has 1 heterocycles. The van der Waals surface area contributed by atoms with E-state index in [2.05, 4.69) is 22.4 Å². The summed E-state index contributed by atoms with van der Waals surface area (Å²) in [6.45, 7) is 2.09. The van der Waals surface area contributed by atoms with E-state index in [0.29, 0.717) is 6.42 Å². The molecule has 2 N–H and O–H groups in total. The second kappa shape index (κ2) is 6.99. The van der Waals surface area contributed by atoms with Gasteiger partial charge in [0.15, 0.2) is 0 Å². The Morgan fingerprint density at radius 2 is 2.32 bits per heavy atom. The van der Waals surface area contributed by atoms with E-state index in [1.54, 1.807) is 18.0 Å². The van der Waals surface area contributed by atoms with Crippen molar-refractivity contribution in [2.24, 2.45) is 0 Å². The molecule has 1 amide bonds. The van der Waals surface area contributed by atoms with Crippen molar-refractivity contribution in [2.45, 2.75) is 13.3 Å². The van der Waals surface area contributed by atoms with Gasteiger partial charge in [0.2, 0.25) is 5.91 Å². The predicted octanol–water partition coefficient (Wildman–Crippen LogP) is 3.16. The minimum Gasteiger partial charge on any atom is -0.326 e. The first-order valence-electron chi connectivity index (χ1n) is 6.27. The Kier molecular flexibility index (Phi) is 5.03. The molecule has 0 bridgehead atoms. The Balaban J connectivity index is 1.97. The fourth-order valence-corrected chi connectivity index (χ4v) is 2.33. The number of hydrogen-bond donors (Lipinski definition) is 2.